The van der Waals surface area contributed by atoms with Crippen LogP contribution in [-0.4, -0.2) is 30.3 Å². The Kier molecular flexibility index (Phi) is 5.71. The van der Waals surface area contributed by atoms with Gasteiger partial charge in [-0.2, -0.15) is 0 Å². The molecule has 7 nitrogen and oxygen atoms in total. The molecule has 5 N–H and O–H groups in total. The first kappa shape index (κ1) is 19.1. The first-order valence-corrected chi connectivity index (χ1v) is 8.05. The first-order chi connectivity index (χ1) is 12.3. The molecular formula is C19H23N3O4. The highest BCUT2D eigenvalue weighted by atomic mass is 16.5. The van der Waals surface area contributed by atoms with Crippen LogP contribution < -0.4 is 21.1 Å². The van der Waals surface area contributed by atoms with Crippen molar-refractivity contribution in [3.05, 3.63) is 54.1 Å². The summed E-state index contributed by atoms with van der Waals surface area (Å²) in [6.07, 6.45) is -1.28. The van der Waals surface area contributed by atoms with Crippen LogP contribution in [0.3, 0.4) is 0 Å². The van der Waals surface area contributed by atoms with E-state index in [-0.39, 0.29) is 0 Å². The number of methoxy groups -OCH3 is 1. The van der Waals surface area contributed by atoms with Crippen molar-refractivity contribution in [3.63, 3.8) is 0 Å². The van der Waals surface area contributed by atoms with E-state index in [0.717, 1.165) is 5.56 Å². The van der Waals surface area contributed by atoms with Gasteiger partial charge in [-0.3, -0.25) is 4.79 Å². The third kappa shape index (κ3) is 4.24. The number of hydrogen-bond donors (Lipinski definition) is 4. The minimum absolute atomic E-state index is 0.400. The van der Waals surface area contributed by atoms with Crippen LogP contribution in [0.2, 0.25) is 0 Å². The molecule has 0 aliphatic heterocycles. The monoisotopic (exact) mass is 357 g/mol. The number of nitrogens with two attached hydrogens (primary N) is 1. The molecule has 0 radical (unpaired) electrons. The van der Waals surface area contributed by atoms with Gasteiger partial charge in [-0.1, -0.05) is 38.1 Å². The van der Waals surface area contributed by atoms with Crippen LogP contribution in [0, 0.1) is 0 Å². The Hall–Kier alpha value is -3.22. The second-order valence-corrected chi connectivity index (χ2v) is 6.41. The second-order valence-electron chi connectivity index (χ2n) is 6.41. The Balaban J connectivity index is 2.33. The summed E-state index contributed by atoms with van der Waals surface area (Å²) in [6, 6.07) is 12.9. The van der Waals surface area contributed by atoms with Crippen molar-refractivity contribution < 1.29 is 19.4 Å². The van der Waals surface area contributed by atoms with Crippen molar-refractivity contribution in [2.24, 2.45) is 0 Å². The average molecular weight is 357 g/mol. The zero-order valence-electron chi connectivity index (χ0n) is 14.9. The van der Waals surface area contributed by atoms with E-state index in [9.17, 15) is 14.7 Å². The molecule has 0 aromatic heterocycles. The Morgan fingerprint density at radius 2 is 1.73 bits per heavy atom. The first-order valence-electron chi connectivity index (χ1n) is 8.05. The lowest BCUT2D eigenvalue weighted by Gasteiger charge is -2.33. The van der Waals surface area contributed by atoms with Crippen molar-refractivity contribution in [1.82, 2.24) is 5.32 Å². The molecule has 1 unspecified atom stereocenters. The van der Waals surface area contributed by atoms with Crippen molar-refractivity contribution >= 4 is 23.4 Å². The summed E-state index contributed by atoms with van der Waals surface area (Å²) >= 11 is 0. The number of hydrogen-bond acceptors (Lipinski definition) is 4. The van der Waals surface area contributed by atoms with Crippen LogP contribution in [-0.2, 0) is 10.2 Å². The molecule has 0 spiro atoms. The van der Waals surface area contributed by atoms with E-state index in [1.54, 1.807) is 69.5 Å². The van der Waals surface area contributed by atoms with Crippen LogP contribution in [0.5, 0.6) is 5.75 Å². The van der Waals surface area contributed by atoms with Crippen LogP contribution in [0.1, 0.15) is 19.4 Å². The molecule has 138 valence electrons. The summed E-state index contributed by atoms with van der Waals surface area (Å²) in [5.41, 5.74) is 6.65. The van der Waals surface area contributed by atoms with Gasteiger partial charge in [-0.25, -0.2) is 4.79 Å². The molecule has 0 saturated heterocycles. The van der Waals surface area contributed by atoms with Gasteiger partial charge in [0.05, 0.1) is 18.5 Å². The molecule has 0 aliphatic rings. The molecule has 0 aliphatic carbocycles. The summed E-state index contributed by atoms with van der Waals surface area (Å²) in [4.78, 5) is 24.1. The summed E-state index contributed by atoms with van der Waals surface area (Å²) in [5, 5.41) is 14.2. The number of rotatable bonds is 6. The van der Waals surface area contributed by atoms with E-state index in [1.165, 1.54) is 0 Å². The van der Waals surface area contributed by atoms with Gasteiger partial charge in [-0.15, -0.1) is 0 Å². The average Bonchev–Trinajstić information content (AvgIpc) is 2.61. The fraction of sp³-hybridized carbons (Fsp3) is 0.263. The van der Waals surface area contributed by atoms with Gasteiger partial charge >= 0.3 is 6.09 Å². The van der Waals surface area contributed by atoms with Crippen molar-refractivity contribution in [2.75, 3.05) is 18.2 Å². The SMILES string of the molecule is COc1ccc(C(C)(C)C(NC(=O)O)C(=O)Nc2ccccc2N)cc1. The van der Waals surface area contributed by atoms with Crippen LogP contribution in [0.15, 0.2) is 48.5 Å². The zero-order valence-corrected chi connectivity index (χ0v) is 14.9. The number of amides is 2. The maximum Gasteiger partial charge on any atom is 0.405 e. The smallest absolute Gasteiger partial charge is 0.405 e. The summed E-state index contributed by atoms with van der Waals surface area (Å²) in [7, 11) is 1.56. The van der Waals surface area contributed by atoms with Crippen molar-refractivity contribution in [1.29, 1.82) is 0 Å². The molecule has 2 aromatic carbocycles. The summed E-state index contributed by atoms with van der Waals surface area (Å²) in [6.45, 7) is 3.59. The summed E-state index contributed by atoms with van der Waals surface area (Å²) < 4.78 is 5.14. The Labute approximate surface area is 152 Å². The molecule has 2 amide bonds. The van der Waals surface area contributed by atoms with E-state index in [4.69, 9.17) is 10.5 Å². The lowest BCUT2D eigenvalue weighted by Crippen LogP contribution is -2.54. The number of benzene rings is 2. The molecule has 0 fully saturated rings. The number of ether oxygens (including phenoxy) is 1. The lowest BCUT2D eigenvalue weighted by molar-refractivity contribution is -0.119. The molecule has 2 rings (SSSR count). The third-order valence-corrected chi connectivity index (χ3v) is 4.30. The highest BCUT2D eigenvalue weighted by Crippen LogP contribution is 2.30. The molecule has 0 heterocycles. The Morgan fingerprint density at radius 1 is 1.12 bits per heavy atom. The molecule has 7 heteroatoms. The molecule has 0 bridgehead atoms. The topological polar surface area (TPSA) is 114 Å². The number of nitrogen functional groups attached to an aromatic ring is 1. The van der Waals surface area contributed by atoms with Crippen LogP contribution >= 0.6 is 0 Å². The largest absolute Gasteiger partial charge is 0.497 e. The number of anilines is 2. The summed E-state index contributed by atoms with van der Waals surface area (Å²) in [5.74, 6) is 0.180. The van der Waals surface area contributed by atoms with Crippen molar-refractivity contribution in [2.45, 2.75) is 25.3 Å². The molecular weight excluding hydrogens is 334 g/mol. The molecule has 2 aromatic rings. The minimum Gasteiger partial charge on any atom is -0.497 e. The predicted octanol–water partition coefficient (Wildman–Crippen LogP) is 2.83. The normalized spacial score (nSPS) is 12.1. The van der Waals surface area contributed by atoms with Gasteiger partial charge in [0.15, 0.2) is 0 Å². The van der Waals surface area contributed by atoms with E-state index in [2.05, 4.69) is 10.6 Å². The Morgan fingerprint density at radius 3 is 2.27 bits per heavy atom. The van der Waals surface area contributed by atoms with Crippen molar-refractivity contribution in [3.8, 4) is 5.75 Å². The molecule has 0 saturated carbocycles. The number of nitrogens with one attached hydrogen (secondary N) is 2. The van der Waals surface area contributed by atoms with E-state index in [1.807, 2.05) is 0 Å². The second kappa shape index (κ2) is 7.77. The van der Waals surface area contributed by atoms with E-state index in [0.29, 0.717) is 17.1 Å². The maximum atomic E-state index is 12.8. The van der Waals surface area contributed by atoms with Gasteiger partial charge in [0.1, 0.15) is 11.8 Å². The Bertz CT molecular complexity index is 788. The van der Waals surface area contributed by atoms with Gasteiger partial charge in [0.2, 0.25) is 5.91 Å². The number of carbonyl (C=O) groups is 2. The molecule has 26 heavy (non-hydrogen) atoms. The van der Waals surface area contributed by atoms with Crippen LogP contribution in [0.25, 0.3) is 0 Å². The maximum absolute atomic E-state index is 12.8. The molecule has 1 atom stereocenters. The highest BCUT2D eigenvalue weighted by molar-refractivity contribution is 5.99. The zero-order chi connectivity index (χ0) is 19.3. The van der Waals surface area contributed by atoms with Gasteiger partial charge in [0, 0.05) is 5.41 Å². The number of carboxylic acid groups (broad SMARTS) is 1. The van der Waals surface area contributed by atoms with Crippen LogP contribution in [0.4, 0.5) is 16.2 Å². The standard InChI is InChI=1S/C19H23N3O4/c1-19(2,12-8-10-13(26-3)11-9-12)16(22-18(24)25)17(23)21-15-7-5-4-6-14(15)20/h4-11,16,22H,20H2,1-3H3,(H,21,23)(H,24,25). The van der Waals surface area contributed by atoms with Gasteiger partial charge in [-0.05, 0) is 29.8 Å². The fourth-order valence-corrected chi connectivity index (χ4v) is 2.70. The quantitative estimate of drug-likeness (QED) is 0.594. The highest BCUT2D eigenvalue weighted by Gasteiger charge is 2.38. The number of para-hydroxylation sites is 2. The van der Waals surface area contributed by atoms with E-state index >= 15 is 0 Å². The predicted molar refractivity (Wildman–Crippen MR) is 100 cm³/mol. The van der Waals surface area contributed by atoms with E-state index < -0.39 is 23.5 Å². The van der Waals surface area contributed by atoms with Gasteiger partial charge in [0.25, 0.3) is 0 Å². The lowest BCUT2D eigenvalue weighted by atomic mass is 9.77. The van der Waals surface area contributed by atoms with Gasteiger partial charge < -0.3 is 26.2 Å². The fourth-order valence-electron chi connectivity index (χ4n) is 2.70. The minimum atomic E-state index is -1.28. The third-order valence-electron chi connectivity index (χ3n) is 4.30. The number of carbonyl (C=O) groups excluding carboxylic acids is 1.